The summed E-state index contributed by atoms with van der Waals surface area (Å²) in [6.07, 6.45) is 0. The van der Waals surface area contributed by atoms with Gasteiger partial charge in [-0.2, -0.15) is 0 Å². The lowest BCUT2D eigenvalue weighted by atomic mass is 9.85. The number of thiophene rings is 2. The maximum atomic E-state index is 6.92. The van der Waals surface area contributed by atoms with Crippen molar-refractivity contribution in [2.24, 2.45) is 0 Å². The highest BCUT2D eigenvalue weighted by Gasteiger charge is 2.24. The van der Waals surface area contributed by atoms with E-state index in [0.717, 1.165) is 44.2 Å². The molecule has 13 rings (SSSR count). The van der Waals surface area contributed by atoms with Gasteiger partial charge in [-0.15, -0.1) is 22.7 Å². The lowest BCUT2D eigenvalue weighted by Gasteiger charge is -2.18. The summed E-state index contributed by atoms with van der Waals surface area (Å²) < 4.78 is 19.0. The van der Waals surface area contributed by atoms with Crippen LogP contribution in [-0.4, -0.2) is 0 Å². The summed E-state index contributed by atoms with van der Waals surface area (Å²) in [5, 5.41) is 14.5. The smallest absolute Gasteiger partial charge is 0.143 e. The molecule has 0 spiro atoms. The summed E-state index contributed by atoms with van der Waals surface area (Å²) in [4.78, 5) is 0. The van der Waals surface area contributed by atoms with E-state index in [2.05, 4.69) is 158 Å². The molecule has 4 heteroatoms. The largest absolute Gasteiger partial charge is 0.455 e. The van der Waals surface area contributed by atoms with E-state index in [4.69, 9.17) is 8.83 Å². The Hall–Kier alpha value is -6.46. The van der Waals surface area contributed by atoms with Crippen LogP contribution in [0.2, 0.25) is 0 Å². The van der Waals surface area contributed by atoms with Crippen molar-refractivity contribution in [1.29, 1.82) is 0 Å². The molecule has 250 valence electrons. The Balaban J connectivity index is 1.14. The SMILES string of the molecule is c1ccc2c(c1)sc1ccc3oc4c(-c5c6ccccc6c(-c6cccc7c6oc6ccc8sc9ccccc9c8c67)c6ccccc56)cccc4c3c12. The molecule has 0 amide bonds. The first kappa shape index (κ1) is 29.0. The van der Waals surface area contributed by atoms with Crippen molar-refractivity contribution in [3.8, 4) is 22.3 Å². The van der Waals surface area contributed by atoms with E-state index in [0.29, 0.717) is 0 Å². The van der Waals surface area contributed by atoms with Gasteiger partial charge in [-0.25, -0.2) is 0 Å². The van der Waals surface area contributed by atoms with Crippen LogP contribution in [-0.2, 0) is 0 Å². The lowest BCUT2D eigenvalue weighted by Crippen LogP contribution is -1.91. The van der Waals surface area contributed by atoms with Crippen LogP contribution >= 0.6 is 22.7 Å². The topological polar surface area (TPSA) is 26.3 Å². The Morgan fingerprint density at radius 2 is 0.648 bits per heavy atom. The predicted octanol–water partition coefficient (Wildman–Crippen LogP) is 15.9. The number of benzene rings is 9. The molecule has 9 aromatic carbocycles. The summed E-state index contributed by atoms with van der Waals surface area (Å²) in [5.41, 5.74) is 8.25. The number of hydrogen-bond acceptors (Lipinski definition) is 4. The minimum Gasteiger partial charge on any atom is -0.455 e. The van der Waals surface area contributed by atoms with E-state index < -0.39 is 0 Å². The van der Waals surface area contributed by atoms with Gasteiger partial charge in [0.2, 0.25) is 0 Å². The molecule has 4 aromatic heterocycles. The van der Waals surface area contributed by atoms with Gasteiger partial charge in [0.25, 0.3) is 0 Å². The van der Waals surface area contributed by atoms with Crippen LogP contribution in [0.3, 0.4) is 0 Å². The Bertz CT molecular complexity index is 3440. The molecular weight excluding hydrogens is 697 g/mol. The van der Waals surface area contributed by atoms with E-state index in [-0.39, 0.29) is 0 Å². The van der Waals surface area contributed by atoms with Crippen LogP contribution in [0, 0.1) is 0 Å². The minimum absolute atomic E-state index is 0.919. The van der Waals surface area contributed by atoms with Crippen molar-refractivity contribution in [1.82, 2.24) is 0 Å². The molecule has 54 heavy (non-hydrogen) atoms. The van der Waals surface area contributed by atoms with E-state index in [1.165, 1.54) is 83.8 Å². The summed E-state index contributed by atoms with van der Waals surface area (Å²) in [6.45, 7) is 0. The van der Waals surface area contributed by atoms with Crippen LogP contribution in [0.1, 0.15) is 0 Å². The molecule has 0 aliphatic heterocycles. The molecule has 0 radical (unpaired) electrons. The van der Waals surface area contributed by atoms with Crippen LogP contribution < -0.4 is 0 Å². The normalized spacial score (nSPS) is 12.4. The minimum atomic E-state index is 0.919. The van der Waals surface area contributed by atoms with E-state index in [1.807, 2.05) is 22.7 Å². The van der Waals surface area contributed by atoms with Gasteiger partial charge in [0.15, 0.2) is 0 Å². The van der Waals surface area contributed by atoms with Gasteiger partial charge >= 0.3 is 0 Å². The zero-order valence-corrected chi connectivity index (χ0v) is 30.3. The second kappa shape index (κ2) is 10.6. The van der Waals surface area contributed by atoms with Gasteiger partial charge in [0.05, 0.1) is 0 Å². The first-order valence-electron chi connectivity index (χ1n) is 18.3. The lowest BCUT2D eigenvalue weighted by molar-refractivity contribution is 0.670. The highest BCUT2D eigenvalue weighted by Crippen LogP contribution is 2.51. The van der Waals surface area contributed by atoms with Crippen LogP contribution in [0.15, 0.2) is 167 Å². The molecular formula is C50H26O2S2. The fraction of sp³-hybridized carbons (Fsp3) is 0. The third-order valence-electron chi connectivity index (χ3n) is 11.5. The van der Waals surface area contributed by atoms with Gasteiger partial charge in [-0.05, 0) is 57.9 Å². The molecule has 0 saturated carbocycles. The number of para-hydroxylation sites is 2. The van der Waals surface area contributed by atoms with Crippen molar-refractivity contribution in [2.75, 3.05) is 0 Å². The Morgan fingerprint density at radius 3 is 1.07 bits per heavy atom. The summed E-state index contributed by atoms with van der Waals surface area (Å²) >= 11 is 3.69. The molecule has 4 heterocycles. The maximum Gasteiger partial charge on any atom is 0.143 e. The fourth-order valence-corrected chi connectivity index (χ4v) is 11.5. The van der Waals surface area contributed by atoms with E-state index in [1.54, 1.807) is 0 Å². The van der Waals surface area contributed by atoms with Crippen molar-refractivity contribution in [2.45, 2.75) is 0 Å². The highest BCUT2D eigenvalue weighted by atomic mass is 32.1. The molecule has 0 bridgehead atoms. The van der Waals surface area contributed by atoms with Crippen LogP contribution in [0.25, 0.3) is 128 Å². The van der Waals surface area contributed by atoms with Crippen molar-refractivity contribution < 1.29 is 8.83 Å². The third kappa shape index (κ3) is 3.73. The zero-order valence-electron chi connectivity index (χ0n) is 28.6. The molecule has 0 fully saturated rings. The molecule has 13 aromatic rings. The molecule has 0 unspecified atom stereocenters. The van der Waals surface area contributed by atoms with Crippen molar-refractivity contribution in [3.63, 3.8) is 0 Å². The van der Waals surface area contributed by atoms with Crippen LogP contribution in [0.4, 0.5) is 0 Å². The monoisotopic (exact) mass is 722 g/mol. The highest BCUT2D eigenvalue weighted by molar-refractivity contribution is 7.26. The summed E-state index contributed by atoms with van der Waals surface area (Å²) in [5.74, 6) is 0. The number of fused-ring (bicyclic) bond motifs is 16. The van der Waals surface area contributed by atoms with Crippen LogP contribution in [0.5, 0.6) is 0 Å². The van der Waals surface area contributed by atoms with Gasteiger partial charge in [0.1, 0.15) is 22.3 Å². The average molecular weight is 723 g/mol. The Labute approximate surface area is 315 Å². The summed E-state index contributed by atoms with van der Waals surface area (Å²) in [7, 11) is 0. The molecule has 0 saturated heterocycles. The van der Waals surface area contributed by atoms with Gasteiger partial charge in [-0.3, -0.25) is 0 Å². The van der Waals surface area contributed by atoms with E-state index >= 15 is 0 Å². The maximum absolute atomic E-state index is 6.92. The Morgan fingerprint density at radius 1 is 0.278 bits per heavy atom. The quantitative estimate of drug-likeness (QED) is 0.166. The molecule has 0 atom stereocenters. The van der Waals surface area contributed by atoms with Crippen molar-refractivity contribution in [3.05, 3.63) is 158 Å². The predicted molar refractivity (Wildman–Crippen MR) is 233 cm³/mol. The number of rotatable bonds is 2. The molecule has 0 aliphatic rings. The molecule has 0 aliphatic carbocycles. The number of furan rings is 2. The fourth-order valence-electron chi connectivity index (χ4n) is 9.31. The van der Waals surface area contributed by atoms with E-state index in [9.17, 15) is 0 Å². The first-order valence-corrected chi connectivity index (χ1v) is 19.9. The van der Waals surface area contributed by atoms with Crippen molar-refractivity contribution >= 4 is 128 Å². The molecule has 0 N–H and O–H groups in total. The van der Waals surface area contributed by atoms with Gasteiger partial charge in [-0.1, -0.05) is 121 Å². The third-order valence-corrected chi connectivity index (χ3v) is 13.7. The zero-order chi connectivity index (χ0) is 35.1. The first-order chi connectivity index (χ1) is 26.8. The van der Waals surface area contributed by atoms with Gasteiger partial charge < -0.3 is 8.83 Å². The second-order valence-electron chi connectivity index (χ2n) is 14.2. The summed E-state index contributed by atoms with van der Waals surface area (Å²) in [6, 6.07) is 57.2. The second-order valence-corrected chi connectivity index (χ2v) is 16.4. The van der Waals surface area contributed by atoms with Gasteiger partial charge in [0, 0.05) is 84.1 Å². The average Bonchev–Trinajstić information content (AvgIpc) is 3.99. The standard InChI is InChI=1S/C50H26O2S2/c1-2-12-28-27(11-1)43(33-17-9-19-35-45-37(51-49(33)35)23-25-41-47(45)31-15-5-7-21-39(31)53-41)29-13-3-4-14-30(29)44(28)34-18-10-20-36-46-38(52-50(34)36)24-26-42-48(46)32-16-6-8-22-40(32)54-42/h1-26H. The number of hydrogen-bond donors (Lipinski definition) is 0. The Kier molecular flexibility index (Phi) is 5.69. The molecule has 2 nitrogen and oxygen atoms in total.